The molecule has 2 atom stereocenters. The number of carbonyl (C=O) groups is 1. The Morgan fingerprint density at radius 2 is 2.04 bits per heavy atom. The minimum Gasteiger partial charge on any atom is -0.327 e. The van der Waals surface area contributed by atoms with Crippen molar-refractivity contribution in [3.8, 4) is 0 Å². The lowest BCUT2D eigenvalue weighted by atomic mass is 9.98. The van der Waals surface area contributed by atoms with Gasteiger partial charge in [0.15, 0.2) is 6.54 Å². The van der Waals surface area contributed by atoms with Crippen molar-refractivity contribution in [3.05, 3.63) is 59.1 Å². The summed E-state index contributed by atoms with van der Waals surface area (Å²) in [7, 11) is 0. The van der Waals surface area contributed by atoms with E-state index in [1.54, 1.807) is 0 Å². The summed E-state index contributed by atoms with van der Waals surface area (Å²) in [5, 5.41) is 1.24. The second-order valence-corrected chi connectivity index (χ2v) is 8.73. The first kappa shape index (κ1) is 16.9. The van der Waals surface area contributed by atoms with Crippen molar-refractivity contribution in [3.63, 3.8) is 0 Å². The first-order chi connectivity index (χ1) is 13.3. The van der Waals surface area contributed by atoms with Gasteiger partial charge >= 0.3 is 0 Å². The van der Waals surface area contributed by atoms with Crippen LogP contribution in [0.4, 0.5) is 5.69 Å². The van der Waals surface area contributed by atoms with Crippen LogP contribution in [0.2, 0.25) is 0 Å². The molecule has 1 unspecified atom stereocenters. The molecule has 5 rings (SSSR count). The molecule has 2 aliphatic heterocycles. The van der Waals surface area contributed by atoms with Gasteiger partial charge in [0, 0.05) is 12.2 Å². The quantitative estimate of drug-likeness (QED) is 0.761. The van der Waals surface area contributed by atoms with Crippen LogP contribution in [0.15, 0.2) is 48.5 Å². The standard InChI is InChI=1S/C22H23N3OS/c26-21(25-13-11-16-6-1-3-9-19(16)25)15-24-12-5-7-17(14-24)22-23-18-8-2-4-10-20(18)27-22/h1-4,6,8-10,17H,5,7,11-15H2/p+1/t17-/m1/s1. The molecule has 0 spiro atoms. The highest BCUT2D eigenvalue weighted by atomic mass is 32.1. The molecule has 1 aromatic heterocycles. The molecular formula is C22H24N3OS+. The van der Waals surface area contributed by atoms with Crippen LogP contribution in [-0.2, 0) is 11.2 Å². The third-order valence-electron chi connectivity index (χ3n) is 5.87. The predicted molar refractivity (Wildman–Crippen MR) is 110 cm³/mol. The van der Waals surface area contributed by atoms with Crippen LogP contribution in [0, 0.1) is 0 Å². The maximum absolute atomic E-state index is 13.0. The van der Waals surface area contributed by atoms with Gasteiger partial charge in [0.2, 0.25) is 0 Å². The van der Waals surface area contributed by atoms with E-state index in [9.17, 15) is 4.79 Å². The number of para-hydroxylation sites is 2. The summed E-state index contributed by atoms with van der Waals surface area (Å²) in [5.74, 6) is 0.740. The minimum absolute atomic E-state index is 0.264. The van der Waals surface area contributed by atoms with Crippen LogP contribution in [0.25, 0.3) is 10.2 Å². The number of amides is 1. The number of nitrogens with zero attached hydrogens (tertiary/aromatic N) is 2. The molecule has 3 aromatic rings. The highest BCUT2D eigenvalue weighted by Gasteiger charge is 2.31. The van der Waals surface area contributed by atoms with E-state index in [4.69, 9.17) is 4.98 Å². The number of hydrogen-bond acceptors (Lipinski definition) is 3. The number of likely N-dealkylation sites (tertiary alicyclic amines) is 1. The molecular weight excluding hydrogens is 354 g/mol. The largest absolute Gasteiger partial charge is 0.327 e. The Morgan fingerprint density at radius 1 is 1.19 bits per heavy atom. The molecule has 0 bridgehead atoms. The Labute approximate surface area is 163 Å². The normalized spacial score (nSPS) is 22.1. The molecule has 0 saturated carbocycles. The summed E-state index contributed by atoms with van der Waals surface area (Å²) >= 11 is 1.82. The number of benzene rings is 2. The second kappa shape index (κ2) is 7.06. The van der Waals surface area contributed by atoms with E-state index in [-0.39, 0.29) is 5.91 Å². The van der Waals surface area contributed by atoms with Gasteiger partial charge in [-0.05, 0) is 43.0 Å². The second-order valence-electron chi connectivity index (χ2n) is 7.66. The number of aromatic nitrogens is 1. The number of rotatable bonds is 3. The number of carbonyl (C=O) groups excluding carboxylic acids is 1. The van der Waals surface area contributed by atoms with Crippen molar-refractivity contribution in [2.45, 2.75) is 25.2 Å². The fourth-order valence-corrected chi connectivity index (χ4v) is 5.60. The SMILES string of the molecule is O=C(C[NH+]1CCC[C@@H](c2nc3ccccc3s2)C1)N1CCc2ccccc21. The first-order valence-electron chi connectivity index (χ1n) is 9.85. The molecule has 1 N–H and O–H groups in total. The summed E-state index contributed by atoms with van der Waals surface area (Å²) in [6, 6.07) is 16.7. The maximum atomic E-state index is 13.0. The van der Waals surface area contributed by atoms with E-state index in [1.807, 2.05) is 22.3 Å². The molecule has 27 heavy (non-hydrogen) atoms. The monoisotopic (exact) mass is 378 g/mol. The number of nitrogens with one attached hydrogen (secondary N) is 1. The fourth-order valence-electron chi connectivity index (χ4n) is 4.49. The molecule has 1 amide bonds. The van der Waals surface area contributed by atoms with Gasteiger partial charge in [0.25, 0.3) is 5.91 Å². The van der Waals surface area contributed by atoms with Gasteiger partial charge < -0.3 is 9.80 Å². The fraction of sp³-hybridized carbons (Fsp3) is 0.364. The molecule has 0 aliphatic carbocycles. The van der Waals surface area contributed by atoms with Crippen LogP contribution < -0.4 is 9.80 Å². The molecule has 138 valence electrons. The van der Waals surface area contributed by atoms with Gasteiger partial charge in [0.05, 0.1) is 29.2 Å². The summed E-state index contributed by atoms with van der Waals surface area (Å²) in [6.07, 6.45) is 3.33. The van der Waals surface area contributed by atoms with Gasteiger partial charge in [-0.2, -0.15) is 0 Å². The zero-order valence-corrected chi connectivity index (χ0v) is 16.2. The van der Waals surface area contributed by atoms with Gasteiger partial charge in [-0.1, -0.05) is 30.3 Å². The number of anilines is 1. The molecule has 4 nitrogen and oxygen atoms in total. The number of thiazole rings is 1. The van der Waals surface area contributed by atoms with Crippen molar-refractivity contribution in [1.82, 2.24) is 4.98 Å². The average Bonchev–Trinajstić information content (AvgIpc) is 3.32. The van der Waals surface area contributed by atoms with Gasteiger partial charge in [-0.3, -0.25) is 4.79 Å². The molecule has 5 heteroatoms. The summed E-state index contributed by atoms with van der Waals surface area (Å²) in [6.45, 7) is 3.52. The Kier molecular flexibility index (Phi) is 4.42. The van der Waals surface area contributed by atoms with E-state index in [0.717, 1.165) is 37.3 Å². The van der Waals surface area contributed by atoms with E-state index in [2.05, 4.69) is 42.5 Å². The minimum atomic E-state index is 0.264. The zero-order valence-electron chi connectivity index (χ0n) is 15.4. The lowest BCUT2D eigenvalue weighted by molar-refractivity contribution is -0.898. The zero-order chi connectivity index (χ0) is 18.2. The topological polar surface area (TPSA) is 37.6 Å². The van der Waals surface area contributed by atoms with Crippen molar-refractivity contribution in [1.29, 1.82) is 0 Å². The summed E-state index contributed by atoms with van der Waals surface area (Å²) < 4.78 is 1.27. The van der Waals surface area contributed by atoms with Gasteiger partial charge in [0.1, 0.15) is 5.01 Å². The smallest absolute Gasteiger partial charge is 0.282 e. The van der Waals surface area contributed by atoms with Crippen molar-refractivity contribution < 1.29 is 9.69 Å². The van der Waals surface area contributed by atoms with Crippen LogP contribution in [-0.4, -0.2) is 37.1 Å². The maximum Gasteiger partial charge on any atom is 0.282 e. The van der Waals surface area contributed by atoms with Gasteiger partial charge in [-0.15, -0.1) is 11.3 Å². The van der Waals surface area contributed by atoms with E-state index >= 15 is 0 Å². The highest BCUT2D eigenvalue weighted by Crippen LogP contribution is 2.30. The van der Waals surface area contributed by atoms with Crippen LogP contribution in [0.3, 0.4) is 0 Å². The van der Waals surface area contributed by atoms with Crippen LogP contribution in [0.5, 0.6) is 0 Å². The molecule has 2 aliphatic rings. The van der Waals surface area contributed by atoms with Crippen molar-refractivity contribution >= 4 is 33.1 Å². The average molecular weight is 379 g/mol. The van der Waals surface area contributed by atoms with E-state index in [0.29, 0.717) is 12.5 Å². The Morgan fingerprint density at radius 3 is 2.96 bits per heavy atom. The molecule has 1 saturated heterocycles. The van der Waals surface area contributed by atoms with E-state index < -0.39 is 0 Å². The Hall–Kier alpha value is -2.24. The number of hydrogen-bond donors (Lipinski definition) is 1. The predicted octanol–water partition coefficient (Wildman–Crippen LogP) is 2.65. The van der Waals surface area contributed by atoms with Crippen molar-refractivity contribution in [2.24, 2.45) is 0 Å². The number of fused-ring (bicyclic) bond motifs is 2. The third-order valence-corrected chi connectivity index (χ3v) is 7.07. The Bertz CT molecular complexity index is 949. The number of quaternary nitrogens is 1. The summed E-state index contributed by atoms with van der Waals surface area (Å²) in [4.78, 5) is 21.2. The lowest BCUT2D eigenvalue weighted by Gasteiger charge is -2.29. The molecule has 0 radical (unpaired) electrons. The molecule has 1 fully saturated rings. The molecule has 3 heterocycles. The van der Waals surface area contributed by atoms with Crippen LogP contribution >= 0.6 is 11.3 Å². The lowest BCUT2D eigenvalue weighted by Crippen LogP contribution is -3.14. The number of piperidine rings is 1. The van der Waals surface area contributed by atoms with Gasteiger partial charge in [-0.25, -0.2) is 4.98 Å². The third kappa shape index (κ3) is 3.26. The highest BCUT2D eigenvalue weighted by molar-refractivity contribution is 7.18. The van der Waals surface area contributed by atoms with Crippen LogP contribution in [0.1, 0.15) is 29.3 Å². The van der Waals surface area contributed by atoms with E-state index in [1.165, 1.54) is 33.0 Å². The first-order valence-corrected chi connectivity index (χ1v) is 10.7. The van der Waals surface area contributed by atoms with Crippen molar-refractivity contribution in [2.75, 3.05) is 31.1 Å². The molecule has 2 aromatic carbocycles. The Balaban J connectivity index is 1.28. The summed E-state index contributed by atoms with van der Waals surface area (Å²) in [5.41, 5.74) is 3.52.